The first-order valence-corrected chi connectivity index (χ1v) is 14.4. The van der Waals surface area contributed by atoms with E-state index in [1.165, 1.54) is 36.2 Å². The molecule has 0 spiro atoms. The number of halogens is 2. The maximum absolute atomic E-state index is 13.9. The van der Waals surface area contributed by atoms with Crippen molar-refractivity contribution in [2.45, 2.75) is 31.3 Å². The van der Waals surface area contributed by atoms with Crippen LogP contribution in [0.4, 0.5) is 5.69 Å². The number of rotatable bonds is 11. The number of anilines is 1. The molecule has 0 heterocycles. The Bertz CT molecular complexity index is 1390. The number of amides is 2. The van der Waals surface area contributed by atoms with E-state index in [9.17, 15) is 18.0 Å². The van der Waals surface area contributed by atoms with Gasteiger partial charge in [-0.1, -0.05) is 51.8 Å². The summed E-state index contributed by atoms with van der Waals surface area (Å²) in [5, 5.41) is 2.94. The maximum atomic E-state index is 13.9. The molecule has 202 valence electrons. The number of likely N-dealkylation sites (N-methyl/N-ethyl adjacent to an activating group) is 1. The third-order valence-corrected chi connectivity index (χ3v) is 8.29. The Labute approximate surface area is 236 Å². The van der Waals surface area contributed by atoms with Crippen molar-refractivity contribution in [3.8, 4) is 5.75 Å². The number of hydrogen-bond donors (Lipinski definition) is 1. The molecule has 38 heavy (non-hydrogen) atoms. The van der Waals surface area contributed by atoms with Crippen LogP contribution in [0.1, 0.15) is 19.4 Å². The van der Waals surface area contributed by atoms with E-state index in [2.05, 4.69) is 21.2 Å². The van der Waals surface area contributed by atoms with Gasteiger partial charge in [0.15, 0.2) is 0 Å². The summed E-state index contributed by atoms with van der Waals surface area (Å²) < 4.78 is 35.3. The largest absolute Gasteiger partial charge is 0.492 e. The molecule has 0 bridgehead atoms. The predicted molar refractivity (Wildman–Crippen MR) is 152 cm³/mol. The highest BCUT2D eigenvalue weighted by molar-refractivity contribution is 9.10. The summed E-state index contributed by atoms with van der Waals surface area (Å²) in [6, 6.07) is 18.8. The molecule has 3 aromatic rings. The summed E-state index contributed by atoms with van der Waals surface area (Å²) in [5.74, 6) is -0.640. The Kier molecular flexibility index (Phi) is 10.2. The second-order valence-corrected chi connectivity index (χ2v) is 11.5. The van der Waals surface area contributed by atoms with Gasteiger partial charge >= 0.3 is 0 Å². The topological polar surface area (TPSA) is 96.0 Å². The molecule has 0 aliphatic carbocycles. The van der Waals surface area contributed by atoms with E-state index in [0.29, 0.717) is 17.4 Å². The first-order valence-electron chi connectivity index (χ1n) is 11.8. The predicted octanol–water partition coefficient (Wildman–Crippen LogP) is 4.86. The van der Waals surface area contributed by atoms with Gasteiger partial charge in [-0.15, -0.1) is 0 Å². The molecule has 0 saturated heterocycles. The monoisotopic (exact) mass is 621 g/mol. The minimum absolute atomic E-state index is 0.0427. The molecule has 0 aliphatic rings. The third kappa shape index (κ3) is 7.06. The van der Waals surface area contributed by atoms with E-state index in [4.69, 9.17) is 16.3 Å². The zero-order chi connectivity index (χ0) is 27.9. The molecule has 0 aromatic heterocycles. The van der Waals surface area contributed by atoms with Crippen LogP contribution in [0.5, 0.6) is 5.75 Å². The Morgan fingerprint density at radius 3 is 2.37 bits per heavy atom. The highest BCUT2D eigenvalue weighted by Gasteiger charge is 2.33. The van der Waals surface area contributed by atoms with Crippen molar-refractivity contribution in [3.05, 3.63) is 87.9 Å². The van der Waals surface area contributed by atoms with Crippen molar-refractivity contribution in [1.82, 2.24) is 10.2 Å². The van der Waals surface area contributed by atoms with E-state index in [-0.39, 0.29) is 23.0 Å². The molecule has 8 nitrogen and oxygen atoms in total. The molecule has 3 aromatic carbocycles. The van der Waals surface area contributed by atoms with Crippen LogP contribution >= 0.6 is 27.5 Å². The molecule has 0 unspecified atom stereocenters. The lowest BCUT2D eigenvalue weighted by Crippen LogP contribution is -2.50. The minimum atomic E-state index is -4.23. The fourth-order valence-corrected chi connectivity index (χ4v) is 5.81. The van der Waals surface area contributed by atoms with Crippen molar-refractivity contribution in [2.24, 2.45) is 0 Å². The smallest absolute Gasteiger partial charge is 0.264 e. The zero-order valence-corrected chi connectivity index (χ0v) is 24.4. The summed E-state index contributed by atoms with van der Waals surface area (Å²) in [6.07, 6.45) is 0. The molecule has 1 atom stereocenters. The normalized spacial score (nSPS) is 11.9. The van der Waals surface area contributed by atoms with Crippen molar-refractivity contribution in [1.29, 1.82) is 0 Å². The van der Waals surface area contributed by atoms with Crippen LogP contribution in [0, 0.1) is 0 Å². The molecule has 3 rings (SSSR count). The second kappa shape index (κ2) is 13.1. The fourth-order valence-electron chi connectivity index (χ4n) is 3.81. The summed E-state index contributed by atoms with van der Waals surface area (Å²) in [6.45, 7) is 3.20. The fraction of sp³-hybridized carbons (Fsp3) is 0.259. The van der Waals surface area contributed by atoms with Gasteiger partial charge in [0.2, 0.25) is 11.8 Å². The molecule has 0 saturated carbocycles. The molecular weight excluding hydrogens is 594 g/mol. The molecular formula is C27H29BrClN3O5S. The van der Waals surface area contributed by atoms with Gasteiger partial charge in [-0.05, 0) is 67.9 Å². The Morgan fingerprint density at radius 1 is 1.05 bits per heavy atom. The summed E-state index contributed by atoms with van der Waals surface area (Å²) in [4.78, 5) is 27.7. The highest BCUT2D eigenvalue weighted by Crippen LogP contribution is 2.33. The maximum Gasteiger partial charge on any atom is 0.264 e. The number of nitrogens with one attached hydrogen (secondary N) is 1. The van der Waals surface area contributed by atoms with Crippen molar-refractivity contribution >= 4 is 55.1 Å². The molecule has 0 aliphatic heterocycles. The number of nitrogens with zero attached hydrogens (tertiary/aromatic N) is 2. The van der Waals surface area contributed by atoms with Crippen LogP contribution in [0.3, 0.4) is 0 Å². The van der Waals surface area contributed by atoms with Crippen LogP contribution < -0.4 is 14.4 Å². The molecule has 2 amide bonds. The standard InChI is InChI=1S/C27H29BrClN3O5S/c1-4-37-25-11-6-5-10-24(25)32(38(35,36)23-14-12-22(29)13-15-23)18-26(33)31(19(2)27(34)30-3)17-20-8-7-9-21(28)16-20/h5-16,19H,4,17-18H2,1-3H3,(H,30,34)/t19-/m1/s1. The van der Waals surface area contributed by atoms with E-state index in [0.717, 1.165) is 14.3 Å². The van der Waals surface area contributed by atoms with Gasteiger partial charge in [-0.25, -0.2) is 8.42 Å². The summed E-state index contributed by atoms with van der Waals surface area (Å²) >= 11 is 9.41. The number of carbonyl (C=O) groups excluding carboxylic acids is 2. The van der Waals surface area contributed by atoms with Gasteiger partial charge in [0.1, 0.15) is 18.3 Å². The van der Waals surface area contributed by atoms with Crippen molar-refractivity contribution in [3.63, 3.8) is 0 Å². The second-order valence-electron chi connectivity index (χ2n) is 8.31. The number of benzene rings is 3. The van der Waals surface area contributed by atoms with Crippen LogP contribution in [0.25, 0.3) is 0 Å². The number of hydrogen-bond acceptors (Lipinski definition) is 5. The average Bonchev–Trinajstić information content (AvgIpc) is 2.90. The number of ether oxygens (including phenoxy) is 1. The lowest BCUT2D eigenvalue weighted by atomic mass is 10.1. The first kappa shape index (κ1) is 29.5. The van der Waals surface area contributed by atoms with Crippen LogP contribution in [0.15, 0.2) is 82.2 Å². The van der Waals surface area contributed by atoms with Gasteiger partial charge in [0.25, 0.3) is 10.0 Å². The van der Waals surface area contributed by atoms with E-state index >= 15 is 0 Å². The minimum Gasteiger partial charge on any atom is -0.492 e. The van der Waals surface area contributed by atoms with Crippen LogP contribution in [-0.4, -0.2) is 51.4 Å². The molecule has 0 radical (unpaired) electrons. The van der Waals surface area contributed by atoms with E-state index < -0.39 is 28.5 Å². The third-order valence-electron chi connectivity index (χ3n) is 5.77. The van der Waals surface area contributed by atoms with Gasteiger partial charge in [-0.2, -0.15) is 0 Å². The van der Waals surface area contributed by atoms with Crippen LogP contribution in [-0.2, 0) is 26.2 Å². The molecule has 11 heteroatoms. The van der Waals surface area contributed by atoms with Gasteiger partial charge < -0.3 is 15.0 Å². The Morgan fingerprint density at radius 2 is 1.74 bits per heavy atom. The number of sulfonamides is 1. The molecule has 0 fully saturated rings. The van der Waals surface area contributed by atoms with E-state index in [1.54, 1.807) is 38.1 Å². The number of para-hydroxylation sites is 2. The van der Waals surface area contributed by atoms with Crippen molar-refractivity contribution < 1.29 is 22.7 Å². The summed E-state index contributed by atoms with van der Waals surface area (Å²) in [5.41, 5.74) is 0.970. The Balaban J connectivity index is 2.09. The van der Waals surface area contributed by atoms with Gasteiger partial charge in [-0.3, -0.25) is 13.9 Å². The summed E-state index contributed by atoms with van der Waals surface area (Å²) in [7, 11) is -2.75. The van der Waals surface area contributed by atoms with Crippen LogP contribution in [0.2, 0.25) is 5.02 Å². The average molecular weight is 623 g/mol. The highest BCUT2D eigenvalue weighted by atomic mass is 79.9. The van der Waals surface area contributed by atoms with Gasteiger partial charge in [0, 0.05) is 23.1 Å². The molecule has 1 N–H and O–H groups in total. The van der Waals surface area contributed by atoms with Crippen molar-refractivity contribution in [2.75, 3.05) is 24.5 Å². The SMILES string of the molecule is CCOc1ccccc1N(CC(=O)N(Cc1cccc(Br)c1)[C@H](C)C(=O)NC)S(=O)(=O)c1ccc(Cl)cc1. The Hall–Kier alpha value is -3.08. The lowest BCUT2D eigenvalue weighted by molar-refractivity contribution is -0.139. The van der Waals surface area contributed by atoms with Gasteiger partial charge in [0.05, 0.1) is 17.2 Å². The quantitative estimate of drug-likeness (QED) is 0.330. The lowest BCUT2D eigenvalue weighted by Gasteiger charge is -2.32. The van der Waals surface area contributed by atoms with E-state index in [1.807, 2.05) is 24.3 Å². The number of carbonyl (C=O) groups is 2. The zero-order valence-electron chi connectivity index (χ0n) is 21.2. The first-order chi connectivity index (χ1) is 18.1.